The standard InChI is InChI=1S/C24H19Cl2NO/c25-23-13-10-20(14-24(23)26)27-15-17-8-11-21(12-9-17)28-16-19-6-3-5-18-4-1-2-7-22(18)19/h1-14,27H,15-16H2. The van der Waals surface area contributed by atoms with Crippen LogP contribution in [0.1, 0.15) is 11.1 Å². The Labute approximate surface area is 174 Å². The Bertz CT molecular complexity index is 1090. The summed E-state index contributed by atoms with van der Waals surface area (Å²) in [5, 5.41) is 6.90. The number of benzene rings is 4. The third kappa shape index (κ3) is 4.41. The first-order chi connectivity index (χ1) is 13.7. The van der Waals surface area contributed by atoms with E-state index in [1.54, 1.807) is 6.07 Å². The monoisotopic (exact) mass is 407 g/mol. The van der Waals surface area contributed by atoms with Crippen molar-refractivity contribution < 1.29 is 4.74 Å². The first-order valence-corrected chi connectivity index (χ1v) is 9.82. The van der Waals surface area contributed by atoms with Crippen molar-refractivity contribution in [2.75, 3.05) is 5.32 Å². The molecule has 0 spiro atoms. The highest BCUT2D eigenvalue weighted by atomic mass is 35.5. The molecule has 4 heteroatoms. The molecule has 0 amide bonds. The predicted octanol–water partition coefficient (Wildman–Crippen LogP) is 7.34. The van der Waals surface area contributed by atoms with Crippen molar-refractivity contribution in [2.24, 2.45) is 0 Å². The van der Waals surface area contributed by atoms with Crippen LogP contribution >= 0.6 is 23.2 Å². The fourth-order valence-corrected chi connectivity index (χ4v) is 3.39. The van der Waals surface area contributed by atoms with Crippen LogP contribution < -0.4 is 10.1 Å². The van der Waals surface area contributed by atoms with E-state index in [0.29, 0.717) is 23.2 Å². The van der Waals surface area contributed by atoms with Crippen molar-refractivity contribution >= 4 is 39.7 Å². The Morgan fingerprint density at radius 1 is 0.750 bits per heavy atom. The lowest BCUT2D eigenvalue weighted by Crippen LogP contribution is -2.00. The van der Waals surface area contributed by atoms with Gasteiger partial charge in [-0.15, -0.1) is 0 Å². The minimum Gasteiger partial charge on any atom is -0.489 e. The van der Waals surface area contributed by atoms with Crippen LogP contribution in [0.5, 0.6) is 5.75 Å². The molecule has 0 aliphatic rings. The lowest BCUT2D eigenvalue weighted by molar-refractivity contribution is 0.307. The van der Waals surface area contributed by atoms with Crippen LogP contribution in [-0.2, 0) is 13.2 Å². The molecular weight excluding hydrogens is 389 g/mol. The number of ether oxygens (including phenoxy) is 1. The lowest BCUT2D eigenvalue weighted by Gasteiger charge is -2.11. The Hall–Kier alpha value is -2.68. The van der Waals surface area contributed by atoms with Crippen LogP contribution in [0, 0.1) is 0 Å². The number of nitrogens with one attached hydrogen (secondary N) is 1. The third-order valence-corrected chi connectivity index (χ3v) is 5.35. The van der Waals surface area contributed by atoms with Gasteiger partial charge in [0, 0.05) is 12.2 Å². The smallest absolute Gasteiger partial charge is 0.119 e. The highest BCUT2D eigenvalue weighted by Gasteiger charge is 2.03. The highest BCUT2D eigenvalue weighted by molar-refractivity contribution is 6.42. The lowest BCUT2D eigenvalue weighted by atomic mass is 10.1. The summed E-state index contributed by atoms with van der Waals surface area (Å²) in [4.78, 5) is 0. The molecule has 4 aromatic carbocycles. The van der Waals surface area contributed by atoms with Gasteiger partial charge in [0.25, 0.3) is 0 Å². The zero-order chi connectivity index (χ0) is 19.3. The molecule has 0 heterocycles. The van der Waals surface area contributed by atoms with Crippen molar-refractivity contribution in [3.8, 4) is 5.75 Å². The molecule has 0 unspecified atom stereocenters. The molecule has 4 rings (SSSR count). The average Bonchev–Trinajstić information content (AvgIpc) is 2.74. The number of fused-ring (bicyclic) bond motifs is 1. The molecule has 0 radical (unpaired) electrons. The van der Waals surface area contributed by atoms with Crippen molar-refractivity contribution in [2.45, 2.75) is 13.2 Å². The quantitative estimate of drug-likeness (QED) is 0.360. The van der Waals surface area contributed by atoms with Crippen LogP contribution in [0.15, 0.2) is 84.9 Å². The van der Waals surface area contributed by atoms with E-state index in [-0.39, 0.29) is 0 Å². The SMILES string of the molecule is Clc1ccc(NCc2ccc(OCc3cccc4ccccc34)cc2)cc1Cl. The Morgan fingerprint density at radius 3 is 2.36 bits per heavy atom. The molecule has 0 aromatic heterocycles. The first-order valence-electron chi connectivity index (χ1n) is 9.06. The molecule has 4 aromatic rings. The summed E-state index contributed by atoms with van der Waals surface area (Å²) < 4.78 is 5.99. The average molecular weight is 408 g/mol. The molecule has 0 saturated heterocycles. The summed E-state index contributed by atoms with van der Waals surface area (Å²) >= 11 is 12.0. The van der Waals surface area contributed by atoms with E-state index in [9.17, 15) is 0 Å². The fraction of sp³-hybridized carbons (Fsp3) is 0.0833. The van der Waals surface area contributed by atoms with Gasteiger partial charge in [-0.2, -0.15) is 0 Å². The van der Waals surface area contributed by atoms with E-state index in [1.165, 1.54) is 16.3 Å². The van der Waals surface area contributed by atoms with Gasteiger partial charge in [0.1, 0.15) is 12.4 Å². The predicted molar refractivity (Wildman–Crippen MR) is 119 cm³/mol. The van der Waals surface area contributed by atoms with E-state index in [4.69, 9.17) is 27.9 Å². The number of rotatable bonds is 6. The molecule has 0 atom stereocenters. The summed E-state index contributed by atoms with van der Waals surface area (Å²) in [6.07, 6.45) is 0. The van der Waals surface area contributed by atoms with Gasteiger partial charge in [0.2, 0.25) is 0 Å². The normalized spacial score (nSPS) is 10.8. The summed E-state index contributed by atoms with van der Waals surface area (Å²) in [5.41, 5.74) is 3.28. The second kappa shape index (κ2) is 8.55. The molecule has 0 fully saturated rings. The maximum atomic E-state index is 6.05. The van der Waals surface area contributed by atoms with Crippen molar-refractivity contribution in [3.63, 3.8) is 0 Å². The molecule has 0 aliphatic heterocycles. The highest BCUT2D eigenvalue weighted by Crippen LogP contribution is 2.25. The molecular formula is C24H19Cl2NO. The van der Waals surface area contributed by atoms with Crippen molar-refractivity contribution in [1.82, 2.24) is 0 Å². The molecule has 140 valence electrons. The van der Waals surface area contributed by atoms with Crippen LogP contribution in [0.4, 0.5) is 5.69 Å². The van der Waals surface area contributed by atoms with Crippen molar-refractivity contribution in [3.05, 3.63) is 106 Å². The second-order valence-electron chi connectivity index (χ2n) is 6.55. The number of halogens is 2. The first kappa shape index (κ1) is 18.7. The fourth-order valence-electron chi connectivity index (χ4n) is 3.09. The zero-order valence-electron chi connectivity index (χ0n) is 15.2. The number of hydrogen-bond acceptors (Lipinski definition) is 2. The van der Waals surface area contributed by atoms with Gasteiger partial charge >= 0.3 is 0 Å². The molecule has 28 heavy (non-hydrogen) atoms. The Kier molecular flexibility index (Phi) is 5.70. The maximum Gasteiger partial charge on any atom is 0.119 e. The van der Waals surface area contributed by atoms with Gasteiger partial charge in [0.05, 0.1) is 10.0 Å². The number of anilines is 1. The molecule has 0 bridgehead atoms. The minimum absolute atomic E-state index is 0.544. The largest absolute Gasteiger partial charge is 0.489 e. The van der Waals surface area contributed by atoms with Gasteiger partial charge in [0.15, 0.2) is 0 Å². The van der Waals surface area contributed by atoms with Gasteiger partial charge in [-0.3, -0.25) is 0 Å². The Morgan fingerprint density at radius 2 is 1.54 bits per heavy atom. The zero-order valence-corrected chi connectivity index (χ0v) is 16.7. The molecule has 2 nitrogen and oxygen atoms in total. The number of hydrogen-bond donors (Lipinski definition) is 1. The summed E-state index contributed by atoms with van der Waals surface area (Å²) in [6.45, 7) is 1.24. The third-order valence-electron chi connectivity index (χ3n) is 4.61. The van der Waals surface area contributed by atoms with E-state index in [1.807, 2.05) is 24.3 Å². The summed E-state index contributed by atoms with van der Waals surface area (Å²) in [5.74, 6) is 0.853. The molecule has 1 N–H and O–H groups in total. The summed E-state index contributed by atoms with van der Waals surface area (Å²) in [7, 11) is 0. The van der Waals surface area contributed by atoms with E-state index in [0.717, 1.165) is 17.0 Å². The van der Waals surface area contributed by atoms with Gasteiger partial charge in [-0.25, -0.2) is 0 Å². The topological polar surface area (TPSA) is 21.3 Å². The minimum atomic E-state index is 0.544. The van der Waals surface area contributed by atoms with Gasteiger partial charge in [-0.05, 0) is 52.2 Å². The van der Waals surface area contributed by atoms with Crippen molar-refractivity contribution in [1.29, 1.82) is 0 Å². The Balaban J connectivity index is 1.37. The van der Waals surface area contributed by atoms with Crippen LogP contribution in [0.2, 0.25) is 10.0 Å². The van der Waals surface area contributed by atoms with Gasteiger partial charge < -0.3 is 10.1 Å². The molecule has 0 aliphatic carbocycles. The van der Waals surface area contributed by atoms with Gasteiger partial charge in [-0.1, -0.05) is 77.8 Å². The van der Waals surface area contributed by atoms with Crippen LogP contribution in [0.25, 0.3) is 10.8 Å². The van der Waals surface area contributed by atoms with E-state index in [2.05, 4.69) is 59.9 Å². The van der Waals surface area contributed by atoms with E-state index >= 15 is 0 Å². The summed E-state index contributed by atoms with van der Waals surface area (Å²) in [6, 6.07) is 28.3. The van der Waals surface area contributed by atoms with Crippen LogP contribution in [-0.4, -0.2) is 0 Å². The van der Waals surface area contributed by atoms with Crippen LogP contribution in [0.3, 0.4) is 0 Å². The second-order valence-corrected chi connectivity index (χ2v) is 7.37. The van der Waals surface area contributed by atoms with E-state index < -0.39 is 0 Å². The maximum absolute atomic E-state index is 6.05. The molecule has 0 saturated carbocycles.